The minimum atomic E-state index is -0.0820. The molecule has 2 aliphatic rings. The number of piperidine rings is 1. The molecule has 0 N–H and O–H groups in total. The van der Waals surface area contributed by atoms with Gasteiger partial charge in [-0.2, -0.15) is 0 Å². The summed E-state index contributed by atoms with van der Waals surface area (Å²) < 4.78 is 17.1. The SMILES string of the molecule is O=C(/C=C/c1cccc(OCc2ccccc2)c1)N1CCC(C2OCCO2)CC1. The normalized spacial score (nSPS) is 18.4. The Bertz CT molecular complexity index is 822. The maximum absolute atomic E-state index is 12.5. The van der Waals surface area contributed by atoms with Crippen LogP contribution in [0.25, 0.3) is 6.08 Å². The highest BCUT2D eigenvalue weighted by Gasteiger charge is 2.31. The van der Waals surface area contributed by atoms with E-state index in [-0.39, 0.29) is 12.2 Å². The zero-order chi connectivity index (χ0) is 19.9. The van der Waals surface area contributed by atoms with Gasteiger partial charge in [-0.1, -0.05) is 42.5 Å². The van der Waals surface area contributed by atoms with Gasteiger partial charge in [0.25, 0.3) is 0 Å². The number of rotatable bonds is 6. The number of hydrogen-bond donors (Lipinski definition) is 0. The maximum atomic E-state index is 12.5. The van der Waals surface area contributed by atoms with Crippen LogP contribution < -0.4 is 4.74 Å². The molecule has 4 rings (SSSR count). The van der Waals surface area contributed by atoms with E-state index in [1.54, 1.807) is 6.08 Å². The first-order chi connectivity index (χ1) is 14.3. The van der Waals surface area contributed by atoms with E-state index in [9.17, 15) is 4.79 Å². The number of hydrogen-bond acceptors (Lipinski definition) is 4. The molecule has 0 aromatic heterocycles. The summed E-state index contributed by atoms with van der Waals surface area (Å²) in [6.45, 7) is 3.38. The van der Waals surface area contributed by atoms with E-state index in [0.29, 0.717) is 25.7 Å². The van der Waals surface area contributed by atoms with E-state index < -0.39 is 0 Å². The molecule has 0 bridgehead atoms. The van der Waals surface area contributed by atoms with Crippen LogP contribution >= 0.6 is 0 Å². The largest absolute Gasteiger partial charge is 0.489 e. The summed E-state index contributed by atoms with van der Waals surface area (Å²) in [4.78, 5) is 14.4. The molecular formula is C24H27NO4. The van der Waals surface area contributed by atoms with Gasteiger partial charge in [0.05, 0.1) is 13.2 Å². The number of benzene rings is 2. The van der Waals surface area contributed by atoms with Crippen molar-refractivity contribution in [2.75, 3.05) is 26.3 Å². The van der Waals surface area contributed by atoms with E-state index >= 15 is 0 Å². The van der Waals surface area contributed by atoms with Crippen LogP contribution in [0.3, 0.4) is 0 Å². The summed E-state index contributed by atoms with van der Waals surface area (Å²) in [5.41, 5.74) is 2.08. The molecule has 0 saturated carbocycles. The Morgan fingerprint density at radius 3 is 2.55 bits per heavy atom. The molecule has 0 spiro atoms. The van der Waals surface area contributed by atoms with E-state index in [4.69, 9.17) is 14.2 Å². The Morgan fingerprint density at radius 1 is 1.03 bits per heavy atom. The first kappa shape index (κ1) is 19.7. The molecule has 5 nitrogen and oxygen atoms in total. The third kappa shape index (κ3) is 5.46. The van der Waals surface area contributed by atoms with Crippen LogP contribution in [0, 0.1) is 5.92 Å². The van der Waals surface area contributed by atoms with Crippen molar-refractivity contribution in [3.05, 3.63) is 71.8 Å². The average molecular weight is 393 g/mol. The lowest BCUT2D eigenvalue weighted by molar-refractivity contribution is -0.131. The molecule has 29 heavy (non-hydrogen) atoms. The minimum absolute atomic E-state index is 0.0484. The fraction of sp³-hybridized carbons (Fsp3) is 0.375. The third-order valence-corrected chi connectivity index (χ3v) is 5.41. The van der Waals surface area contributed by atoms with Gasteiger partial charge in [-0.15, -0.1) is 0 Å². The van der Waals surface area contributed by atoms with E-state index in [2.05, 4.69) is 0 Å². The number of amides is 1. The molecule has 0 radical (unpaired) electrons. The van der Waals surface area contributed by atoms with Crippen molar-refractivity contribution in [3.63, 3.8) is 0 Å². The molecule has 0 atom stereocenters. The van der Waals surface area contributed by atoms with E-state index in [1.165, 1.54) is 0 Å². The average Bonchev–Trinajstić information content (AvgIpc) is 3.32. The lowest BCUT2D eigenvalue weighted by Crippen LogP contribution is -2.40. The van der Waals surface area contributed by atoms with Gasteiger partial charge >= 0.3 is 0 Å². The van der Waals surface area contributed by atoms with Crippen molar-refractivity contribution < 1.29 is 19.0 Å². The summed E-state index contributed by atoms with van der Waals surface area (Å²) in [6, 6.07) is 17.9. The fourth-order valence-corrected chi connectivity index (χ4v) is 3.76. The number of ether oxygens (including phenoxy) is 3. The van der Waals surface area contributed by atoms with Gasteiger partial charge in [-0.25, -0.2) is 0 Å². The molecule has 152 valence electrons. The quantitative estimate of drug-likeness (QED) is 0.699. The molecule has 2 heterocycles. The highest BCUT2D eigenvalue weighted by atomic mass is 16.7. The van der Waals surface area contributed by atoms with Gasteiger partial charge in [0.2, 0.25) is 5.91 Å². The third-order valence-electron chi connectivity index (χ3n) is 5.41. The maximum Gasteiger partial charge on any atom is 0.246 e. The first-order valence-electron chi connectivity index (χ1n) is 10.2. The second-order valence-electron chi connectivity index (χ2n) is 7.45. The van der Waals surface area contributed by atoms with Gasteiger partial charge in [0.1, 0.15) is 12.4 Å². The van der Waals surface area contributed by atoms with Crippen molar-refractivity contribution in [2.24, 2.45) is 5.92 Å². The summed E-state index contributed by atoms with van der Waals surface area (Å²) in [7, 11) is 0. The predicted molar refractivity (Wildman–Crippen MR) is 111 cm³/mol. The van der Waals surface area contributed by atoms with Gasteiger partial charge in [-0.3, -0.25) is 4.79 Å². The Balaban J connectivity index is 1.28. The Morgan fingerprint density at radius 2 is 1.79 bits per heavy atom. The summed E-state index contributed by atoms with van der Waals surface area (Å²) in [5, 5.41) is 0. The van der Waals surface area contributed by atoms with Crippen molar-refractivity contribution in [3.8, 4) is 5.75 Å². The summed E-state index contributed by atoms with van der Waals surface area (Å²) in [6.07, 6.45) is 5.27. The zero-order valence-electron chi connectivity index (χ0n) is 16.5. The van der Waals surface area contributed by atoms with Gasteiger partial charge in [-0.05, 0) is 42.2 Å². The van der Waals surface area contributed by atoms with Crippen LogP contribution in [0.5, 0.6) is 5.75 Å². The molecule has 2 saturated heterocycles. The molecule has 2 fully saturated rings. The van der Waals surface area contributed by atoms with Crippen molar-refractivity contribution in [1.82, 2.24) is 4.90 Å². The van der Waals surface area contributed by atoms with Crippen molar-refractivity contribution in [2.45, 2.75) is 25.7 Å². The molecule has 0 unspecified atom stereocenters. The molecule has 2 aromatic carbocycles. The highest BCUT2D eigenvalue weighted by Crippen LogP contribution is 2.26. The van der Waals surface area contributed by atoms with Crippen LogP contribution in [0.2, 0.25) is 0 Å². The van der Waals surface area contributed by atoms with Crippen LogP contribution in [-0.2, 0) is 20.9 Å². The number of nitrogens with zero attached hydrogens (tertiary/aromatic N) is 1. The second kappa shape index (κ2) is 9.72. The smallest absolute Gasteiger partial charge is 0.246 e. The Hall–Kier alpha value is -2.63. The standard InChI is InChI=1S/C24H27NO4/c26-23(25-13-11-21(12-14-25)24-27-15-16-28-24)10-9-19-7-4-8-22(17-19)29-18-20-5-2-1-3-6-20/h1-10,17,21,24H,11-16,18H2/b10-9+. The van der Waals surface area contributed by atoms with Crippen LogP contribution in [0.4, 0.5) is 0 Å². The Kier molecular flexibility index (Phi) is 6.60. The second-order valence-corrected chi connectivity index (χ2v) is 7.45. The van der Waals surface area contributed by atoms with E-state index in [1.807, 2.05) is 65.6 Å². The number of likely N-dealkylation sites (tertiary alicyclic amines) is 1. The Labute approximate surface area is 171 Å². The minimum Gasteiger partial charge on any atom is -0.489 e. The molecule has 2 aromatic rings. The number of carbonyl (C=O) groups excluding carboxylic acids is 1. The molecule has 1 amide bonds. The molecule has 2 aliphatic heterocycles. The zero-order valence-corrected chi connectivity index (χ0v) is 16.5. The molecular weight excluding hydrogens is 366 g/mol. The van der Waals surface area contributed by atoms with Gasteiger partial charge in [0, 0.05) is 25.1 Å². The summed E-state index contributed by atoms with van der Waals surface area (Å²) in [5.74, 6) is 1.23. The summed E-state index contributed by atoms with van der Waals surface area (Å²) >= 11 is 0. The van der Waals surface area contributed by atoms with Crippen LogP contribution in [-0.4, -0.2) is 43.4 Å². The van der Waals surface area contributed by atoms with Crippen LogP contribution in [0.1, 0.15) is 24.0 Å². The monoisotopic (exact) mass is 393 g/mol. The first-order valence-corrected chi connectivity index (χ1v) is 10.2. The molecule has 5 heteroatoms. The van der Waals surface area contributed by atoms with Crippen molar-refractivity contribution in [1.29, 1.82) is 0 Å². The topological polar surface area (TPSA) is 48.0 Å². The van der Waals surface area contributed by atoms with Gasteiger partial charge < -0.3 is 19.1 Å². The molecule has 0 aliphatic carbocycles. The lowest BCUT2D eigenvalue weighted by Gasteiger charge is -2.33. The highest BCUT2D eigenvalue weighted by molar-refractivity contribution is 5.91. The number of carbonyl (C=O) groups is 1. The predicted octanol–water partition coefficient (Wildman–Crippen LogP) is 3.89. The van der Waals surface area contributed by atoms with Crippen LogP contribution in [0.15, 0.2) is 60.7 Å². The van der Waals surface area contributed by atoms with Gasteiger partial charge in [0.15, 0.2) is 6.29 Å². The van der Waals surface area contributed by atoms with E-state index in [0.717, 1.165) is 42.8 Å². The fourth-order valence-electron chi connectivity index (χ4n) is 3.76. The van der Waals surface area contributed by atoms with Crippen molar-refractivity contribution >= 4 is 12.0 Å². The lowest BCUT2D eigenvalue weighted by atomic mass is 9.96.